The molecule has 0 fully saturated rings. The van der Waals surface area contributed by atoms with Gasteiger partial charge in [-0.3, -0.25) is 4.99 Å². The zero-order chi connectivity index (χ0) is 30.0. The quantitative estimate of drug-likeness (QED) is 0.196. The first-order valence-corrected chi connectivity index (χ1v) is 14.7. The molecule has 1 atom stereocenters. The SMILES string of the molecule is Cc1cc(Oc2[c-]c(C3=N[C@H](C)CO3)c(C)cc2C)[c-]c(N2c3ccc(C(C)(C)C)cc3C(C)(C)c3cccnc32)c1.[Pt+2]. The van der Waals surface area contributed by atoms with E-state index in [0.29, 0.717) is 24.0 Å². The number of benzene rings is 3. The maximum absolute atomic E-state index is 6.52. The van der Waals surface area contributed by atoms with Crippen molar-refractivity contribution in [3.05, 3.63) is 106 Å². The fourth-order valence-corrected chi connectivity index (χ4v) is 5.92. The third-order valence-electron chi connectivity index (χ3n) is 8.31. The maximum Gasteiger partial charge on any atom is 2.00 e. The first kappa shape index (κ1) is 31.0. The molecule has 0 spiro atoms. The van der Waals surface area contributed by atoms with Crippen LogP contribution in [0.15, 0.2) is 59.7 Å². The second-order valence-corrected chi connectivity index (χ2v) is 13.3. The van der Waals surface area contributed by atoms with Gasteiger partial charge in [-0.2, -0.15) is 5.56 Å². The summed E-state index contributed by atoms with van der Waals surface area (Å²) in [4.78, 5) is 11.8. The minimum Gasteiger partial charge on any atom is -0.518 e. The number of anilines is 3. The van der Waals surface area contributed by atoms with E-state index in [1.807, 2.05) is 32.2 Å². The zero-order valence-corrected chi connectivity index (χ0v) is 28.7. The molecule has 0 amide bonds. The maximum atomic E-state index is 6.52. The summed E-state index contributed by atoms with van der Waals surface area (Å²) in [5.74, 6) is 2.81. The molecule has 3 heterocycles. The summed E-state index contributed by atoms with van der Waals surface area (Å²) < 4.78 is 12.4. The number of aromatic nitrogens is 1. The van der Waals surface area contributed by atoms with Crippen molar-refractivity contribution in [1.29, 1.82) is 0 Å². The fourth-order valence-electron chi connectivity index (χ4n) is 5.92. The van der Waals surface area contributed by atoms with Crippen molar-refractivity contribution in [2.24, 2.45) is 4.99 Å². The number of fused-ring (bicyclic) bond motifs is 2. The summed E-state index contributed by atoms with van der Waals surface area (Å²) in [5, 5.41) is 0. The molecule has 3 aromatic carbocycles. The van der Waals surface area contributed by atoms with Crippen molar-refractivity contribution in [3.8, 4) is 11.5 Å². The Morgan fingerprint density at radius 2 is 1.74 bits per heavy atom. The van der Waals surface area contributed by atoms with E-state index in [-0.39, 0.29) is 37.9 Å². The molecule has 5 nitrogen and oxygen atoms in total. The molecule has 2 aliphatic rings. The molecule has 1 aromatic heterocycles. The first-order valence-electron chi connectivity index (χ1n) is 14.7. The number of pyridine rings is 1. The van der Waals surface area contributed by atoms with Crippen LogP contribution in [-0.4, -0.2) is 23.5 Å². The predicted octanol–water partition coefficient (Wildman–Crippen LogP) is 8.97. The Morgan fingerprint density at radius 3 is 2.44 bits per heavy atom. The van der Waals surface area contributed by atoms with Gasteiger partial charge in [-0.25, -0.2) is 4.98 Å². The van der Waals surface area contributed by atoms with Gasteiger partial charge in [0.2, 0.25) is 0 Å². The second-order valence-electron chi connectivity index (χ2n) is 13.3. The molecule has 4 aromatic rings. The van der Waals surface area contributed by atoms with Crippen LogP contribution in [0, 0.1) is 32.9 Å². The van der Waals surface area contributed by atoms with Crippen molar-refractivity contribution in [3.63, 3.8) is 0 Å². The Hall–Kier alpha value is -3.43. The molecule has 0 saturated carbocycles. The fraction of sp³-hybridized carbons (Fsp3) is 0.351. The summed E-state index contributed by atoms with van der Waals surface area (Å²) >= 11 is 0. The van der Waals surface area contributed by atoms with Crippen LogP contribution in [-0.2, 0) is 36.6 Å². The Labute approximate surface area is 270 Å². The van der Waals surface area contributed by atoms with Crippen molar-refractivity contribution >= 4 is 23.1 Å². The molecule has 0 N–H and O–H groups in total. The minimum atomic E-state index is -0.216. The van der Waals surface area contributed by atoms with Crippen LogP contribution in [0.4, 0.5) is 17.2 Å². The van der Waals surface area contributed by atoms with Gasteiger partial charge in [0.1, 0.15) is 11.7 Å². The van der Waals surface area contributed by atoms with Gasteiger partial charge in [0.05, 0.1) is 12.6 Å². The van der Waals surface area contributed by atoms with Gasteiger partial charge in [0.15, 0.2) is 0 Å². The molecule has 0 unspecified atom stereocenters. The van der Waals surface area contributed by atoms with E-state index in [2.05, 4.69) is 107 Å². The zero-order valence-electron chi connectivity index (χ0n) is 26.5. The van der Waals surface area contributed by atoms with Crippen LogP contribution < -0.4 is 9.64 Å². The molecule has 0 aliphatic carbocycles. The molecule has 0 radical (unpaired) electrons. The standard InChI is InChI=1S/C37H39N3O2.Pt/c1-22-15-27(19-28(16-22)42-33-20-29(23(2)17-24(33)3)35-39-25(4)21-41-35)40-32-13-12-26(36(5,6)7)18-31(32)37(8,9)30-11-10-14-38-34(30)40;/h10-18,25H,21H2,1-9H3;/q-2;+2/t25-;/m1./s1. The average Bonchev–Trinajstić information content (AvgIpc) is 3.35. The number of ether oxygens (including phenoxy) is 2. The third-order valence-corrected chi connectivity index (χ3v) is 8.31. The summed E-state index contributed by atoms with van der Waals surface area (Å²) in [5.41, 5.74) is 9.53. The molecule has 43 heavy (non-hydrogen) atoms. The Kier molecular flexibility index (Phi) is 8.11. The molecule has 0 saturated heterocycles. The van der Waals surface area contributed by atoms with Crippen LogP contribution in [0.2, 0.25) is 0 Å². The largest absolute Gasteiger partial charge is 2.00 e. The smallest absolute Gasteiger partial charge is 0.518 e. The topological polar surface area (TPSA) is 47.0 Å². The van der Waals surface area contributed by atoms with Crippen LogP contribution in [0.1, 0.15) is 80.5 Å². The first-order chi connectivity index (χ1) is 19.8. The monoisotopic (exact) mass is 752 g/mol. The van der Waals surface area contributed by atoms with Crippen molar-refractivity contribution < 1.29 is 30.5 Å². The number of nitrogens with zero attached hydrogens (tertiary/aromatic N) is 3. The van der Waals surface area contributed by atoms with Crippen LogP contribution in [0.3, 0.4) is 0 Å². The third kappa shape index (κ3) is 5.65. The van der Waals surface area contributed by atoms with E-state index in [1.54, 1.807) is 0 Å². The Morgan fingerprint density at radius 1 is 0.977 bits per heavy atom. The molecular weight excluding hydrogens is 714 g/mol. The van der Waals surface area contributed by atoms with Gasteiger partial charge in [-0.05, 0) is 35.6 Å². The molecule has 2 aliphatic heterocycles. The number of hydrogen-bond acceptors (Lipinski definition) is 5. The van der Waals surface area contributed by atoms with E-state index >= 15 is 0 Å². The van der Waals surface area contributed by atoms with E-state index in [4.69, 9.17) is 14.5 Å². The number of aryl methyl sites for hydroxylation is 3. The van der Waals surface area contributed by atoms with Gasteiger partial charge >= 0.3 is 21.1 Å². The van der Waals surface area contributed by atoms with E-state index in [1.165, 1.54) is 16.7 Å². The van der Waals surface area contributed by atoms with Crippen molar-refractivity contribution in [1.82, 2.24) is 4.98 Å². The van der Waals surface area contributed by atoms with Gasteiger partial charge < -0.3 is 14.4 Å². The summed E-state index contributed by atoms with van der Waals surface area (Å²) in [7, 11) is 0. The Balaban J connectivity index is 0.00000368. The van der Waals surface area contributed by atoms with Crippen LogP contribution in [0.25, 0.3) is 0 Å². The molecule has 224 valence electrons. The normalized spacial score (nSPS) is 16.9. The van der Waals surface area contributed by atoms with Crippen molar-refractivity contribution in [2.45, 2.75) is 79.2 Å². The van der Waals surface area contributed by atoms with E-state index in [0.717, 1.165) is 39.4 Å². The van der Waals surface area contributed by atoms with Gasteiger partial charge in [0.25, 0.3) is 0 Å². The van der Waals surface area contributed by atoms with Gasteiger partial charge in [-0.1, -0.05) is 96.5 Å². The Bertz CT molecular complexity index is 1730. The van der Waals surface area contributed by atoms with Gasteiger partial charge in [-0.15, -0.1) is 29.8 Å². The van der Waals surface area contributed by atoms with E-state index < -0.39 is 0 Å². The second kappa shape index (κ2) is 11.2. The molecule has 0 bridgehead atoms. The summed E-state index contributed by atoms with van der Waals surface area (Å²) in [6.45, 7) is 20.2. The molecular formula is C37H39N3O2Pt. The average molecular weight is 753 g/mol. The number of rotatable bonds is 4. The molecule has 6 rings (SSSR count). The van der Waals surface area contributed by atoms with Crippen LogP contribution in [0.5, 0.6) is 11.5 Å². The number of hydrogen-bond donors (Lipinski definition) is 0. The number of aliphatic imine (C=N–C) groups is 1. The van der Waals surface area contributed by atoms with E-state index in [9.17, 15) is 0 Å². The van der Waals surface area contributed by atoms with Crippen LogP contribution >= 0.6 is 0 Å². The minimum absolute atomic E-state index is 0. The predicted molar refractivity (Wildman–Crippen MR) is 170 cm³/mol. The molecule has 6 heteroatoms. The van der Waals surface area contributed by atoms with Crippen molar-refractivity contribution in [2.75, 3.05) is 11.5 Å². The van der Waals surface area contributed by atoms with Gasteiger partial charge in [0, 0.05) is 34.4 Å². The summed E-state index contributed by atoms with van der Waals surface area (Å²) in [6.07, 6.45) is 1.87. The summed E-state index contributed by atoms with van der Waals surface area (Å²) in [6, 6.07) is 24.5.